The van der Waals surface area contributed by atoms with Crippen molar-refractivity contribution in [3.63, 3.8) is 0 Å². The van der Waals surface area contributed by atoms with E-state index < -0.39 is 6.04 Å². The van der Waals surface area contributed by atoms with Crippen molar-refractivity contribution in [3.05, 3.63) is 41.5 Å². The number of nitrogens with one attached hydrogen (secondary N) is 1. The van der Waals surface area contributed by atoms with Crippen molar-refractivity contribution in [1.82, 2.24) is 30.4 Å². The average Bonchev–Trinajstić information content (AvgIpc) is 3.01. The molecule has 3 rings (SSSR count). The van der Waals surface area contributed by atoms with Gasteiger partial charge in [-0.15, -0.1) is 5.10 Å². The Hall–Kier alpha value is -2.84. The fourth-order valence-electron chi connectivity index (χ4n) is 3.58. The number of hydrogen-bond acceptors (Lipinski definition) is 5. The van der Waals surface area contributed by atoms with E-state index in [2.05, 4.69) is 20.8 Å². The SMILES string of the molecule is Cc1nnnn1[C@H](Cc1cccc(F)c1)C(=O)NCCCN1CCCCCC1=O. The highest BCUT2D eigenvalue weighted by Gasteiger charge is 2.24. The Morgan fingerprint density at radius 3 is 2.93 bits per heavy atom. The molecule has 0 saturated carbocycles. The Bertz CT molecular complexity index is 840. The summed E-state index contributed by atoms with van der Waals surface area (Å²) >= 11 is 0. The van der Waals surface area contributed by atoms with E-state index in [1.165, 1.54) is 16.8 Å². The Balaban J connectivity index is 1.58. The van der Waals surface area contributed by atoms with Crippen LogP contribution in [0.2, 0.25) is 0 Å². The summed E-state index contributed by atoms with van der Waals surface area (Å²) in [6.45, 7) is 3.59. The van der Waals surface area contributed by atoms with E-state index in [4.69, 9.17) is 0 Å². The van der Waals surface area contributed by atoms with Gasteiger partial charge in [-0.05, 0) is 54.3 Å². The minimum Gasteiger partial charge on any atom is -0.354 e. The maximum atomic E-state index is 13.5. The summed E-state index contributed by atoms with van der Waals surface area (Å²) in [6.07, 6.45) is 4.65. The van der Waals surface area contributed by atoms with Crippen LogP contribution in [-0.2, 0) is 16.0 Å². The van der Waals surface area contributed by atoms with E-state index in [-0.39, 0.29) is 24.1 Å². The molecule has 29 heavy (non-hydrogen) atoms. The fraction of sp³-hybridized carbons (Fsp3) is 0.550. The summed E-state index contributed by atoms with van der Waals surface area (Å²) in [5, 5.41) is 14.3. The number of likely N-dealkylation sites (tertiary alicyclic amines) is 1. The van der Waals surface area contributed by atoms with Gasteiger partial charge in [-0.2, -0.15) is 0 Å². The minimum absolute atomic E-state index is 0.196. The van der Waals surface area contributed by atoms with E-state index in [1.54, 1.807) is 19.1 Å². The van der Waals surface area contributed by atoms with Crippen molar-refractivity contribution in [2.24, 2.45) is 0 Å². The lowest BCUT2D eigenvalue weighted by Gasteiger charge is -2.21. The number of amides is 2. The van der Waals surface area contributed by atoms with Crippen molar-refractivity contribution in [2.75, 3.05) is 19.6 Å². The summed E-state index contributed by atoms with van der Waals surface area (Å²) < 4.78 is 15.0. The fourth-order valence-corrected chi connectivity index (χ4v) is 3.58. The Kier molecular flexibility index (Phi) is 7.26. The van der Waals surface area contributed by atoms with Gasteiger partial charge < -0.3 is 10.2 Å². The number of aryl methyl sites for hydroxylation is 1. The molecule has 0 spiro atoms. The summed E-state index contributed by atoms with van der Waals surface area (Å²) in [5.41, 5.74) is 0.690. The Labute approximate surface area is 169 Å². The summed E-state index contributed by atoms with van der Waals surface area (Å²) in [7, 11) is 0. The second kappa shape index (κ2) is 10.1. The van der Waals surface area contributed by atoms with Gasteiger partial charge in [0.2, 0.25) is 11.8 Å². The molecule has 1 saturated heterocycles. The molecule has 8 nitrogen and oxygen atoms in total. The van der Waals surface area contributed by atoms with E-state index in [1.807, 2.05) is 4.90 Å². The first-order chi connectivity index (χ1) is 14.0. The zero-order valence-electron chi connectivity index (χ0n) is 16.7. The highest BCUT2D eigenvalue weighted by Crippen LogP contribution is 2.16. The molecule has 1 aromatic heterocycles. The van der Waals surface area contributed by atoms with Crippen LogP contribution in [0.1, 0.15) is 49.5 Å². The molecule has 0 radical (unpaired) electrons. The third-order valence-electron chi connectivity index (χ3n) is 5.15. The topological polar surface area (TPSA) is 93.0 Å². The van der Waals surface area contributed by atoms with Gasteiger partial charge in [0, 0.05) is 32.5 Å². The van der Waals surface area contributed by atoms with Crippen LogP contribution in [0.15, 0.2) is 24.3 Å². The van der Waals surface area contributed by atoms with Crippen molar-refractivity contribution in [2.45, 2.75) is 51.5 Å². The highest BCUT2D eigenvalue weighted by molar-refractivity contribution is 5.80. The van der Waals surface area contributed by atoms with Gasteiger partial charge >= 0.3 is 0 Å². The lowest BCUT2D eigenvalue weighted by Crippen LogP contribution is -2.37. The number of benzene rings is 1. The van der Waals surface area contributed by atoms with Crippen LogP contribution >= 0.6 is 0 Å². The van der Waals surface area contributed by atoms with Crippen molar-refractivity contribution in [3.8, 4) is 0 Å². The third kappa shape index (κ3) is 5.82. The van der Waals surface area contributed by atoms with Crippen molar-refractivity contribution >= 4 is 11.8 Å². The standard InChI is InChI=1S/C20H27FN6O2/c1-15-23-24-25-27(15)18(14-16-7-5-8-17(21)13-16)20(29)22-10-6-12-26-11-4-2-3-9-19(26)28/h5,7-8,13,18H,2-4,6,9-12,14H2,1H3,(H,22,29)/t18-/m1/s1. The number of carbonyl (C=O) groups is 2. The van der Waals surface area contributed by atoms with Crippen molar-refractivity contribution < 1.29 is 14.0 Å². The zero-order valence-corrected chi connectivity index (χ0v) is 16.7. The number of halogens is 1. The van der Waals surface area contributed by atoms with Gasteiger partial charge in [-0.3, -0.25) is 9.59 Å². The molecule has 0 bridgehead atoms. The molecule has 1 N–H and O–H groups in total. The monoisotopic (exact) mass is 402 g/mol. The summed E-state index contributed by atoms with van der Waals surface area (Å²) in [5.74, 6) is 0.128. The molecule has 1 fully saturated rings. The van der Waals surface area contributed by atoms with Gasteiger partial charge in [0.05, 0.1) is 0 Å². The predicted molar refractivity (Wildman–Crippen MR) is 104 cm³/mol. The molecular formula is C20H27FN6O2. The van der Waals surface area contributed by atoms with E-state index in [9.17, 15) is 14.0 Å². The molecule has 156 valence electrons. The molecule has 2 amide bonds. The predicted octanol–water partition coefficient (Wildman–Crippen LogP) is 1.81. The van der Waals surface area contributed by atoms with Crippen LogP contribution < -0.4 is 5.32 Å². The second-order valence-corrected chi connectivity index (χ2v) is 7.36. The van der Waals surface area contributed by atoms with E-state index in [0.717, 1.165) is 25.8 Å². The second-order valence-electron chi connectivity index (χ2n) is 7.36. The van der Waals surface area contributed by atoms with Crippen molar-refractivity contribution in [1.29, 1.82) is 0 Å². The zero-order chi connectivity index (χ0) is 20.6. The molecule has 2 aromatic rings. The summed E-state index contributed by atoms with van der Waals surface area (Å²) in [6, 6.07) is 5.49. The molecule has 1 atom stereocenters. The molecule has 9 heteroatoms. The van der Waals surface area contributed by atoms with Crippen LogP contribution in [-0.4, -0.2) is 56.6 Å². The number of rotatable bonds is 8. The molecule has 0 unspecified atom stereocenters. The number of aromatic nitrogens is 4. The smallest absolute Gasteiger partial charge is 0.245 e. The molecule has 1 aromatic carbocycles. The normalized spacial score (nSPS) is 15.8. The van der Waals surface area contributed by atoms with Gasteiger partial charge in [0.25, 0.3) is 0 Å². The maximum absolute atomic E-state index is 13.5. The van der Waals surface area contributed by atoms with Gasteiger partial charge in [-0.1, -0.05) is 18.6 Å². The maximum Gasteiger partial charge on any atom is 0.245 e. The lowest BCUT2D eigenvalue weighted by atomic mass is 10.0. The number of hydrogen-bond donors (Lipinski definition) is 1. The first-order valence-electron chi connectivity index (χ1n) is 10.1. The quantitative estimate of drug-likeness (QED) is 0.680. The molecular weight excluding hydrogens is 375 g/mol. The van der Waals surface area contributed by atoms with Gasteiger partial charge in [-0.25, -0.2) is 9.07 Å². The van der Waals surface area contributed by atoms with Crippen LogP contribution in [0.4, 0.5) is 4.39 Å². The minimum atomic E-state index is -0.674. The molecule has 0 aliphatic carbocycles. The molecule has 1 aliphatic rings. The average molecular weight is 402 g/mol. The third-order valence-corrected chi connectivity index (χ3v) is 5.15. The number of nitrogens with zero attached hydrogens (tertiary/aromatic N) is 5. The first kappa shape index (κ1) is 20.9. The van der Waals surface area contributed by atoms with Gasteiger partial charge in [0.15, 0.2) is 0 Å². The lowest BCUT2D eigenvalue weighted by molar-refractivity contribution is -0.130. The van der Waals surface area contributed by atoms with Crippen LogP contribution in [0.25, 0.3) is 0 Å². The van der Waals surface area contributed by atoms with Gasteiger partial charge in [0.1, 0.15) is 17.7 Å². The van der Waals surface area contributed by atoms with Crippen LogP contribution in [0, 0.1) is 12.7 Å². The molecule has 2 heterocycles. The largest absolute Gasteiger partial charge is 0.354 e. The number of tetrazole rings is 1. The Morgan fingerprint density at radius 2 is 2.17 bits per heavy atom. The Morgan fingerprint density at radius 1 is 1.31 bits per heavy atom. The number of carbonyl (C=O) groups excluding carboxylic acids is 2. The van der Waals surface area contributed by atoms with E-state index in [0.29, 0.717) is 37.3 Å². The van der Waals surface area contributed by atoms with Crippen LogP contribution in [0.3, 0.4) is 0 Å². The van der Waals surface area contributed by atoms with E-state index >= 15 is 0 Å². The summed E-state index contributed by atoms with van der Waals surface area (Å²) in [4.78, 5) is 26.8. The van der Waals surface area contributed by atoms with Crippen LogP contribution in [0.5, 0.6) is 0 Å². The highest BCUT2D eigenvalue weighted by atomic mass is 19.1. The molecule has 1 aliphatic heterocycles. The first-order valence-corrected chi connectivity index (χ1v) is 10.1.